The van der Waals surface area contributed by atoms with Crippen molar-refractivity contribution in [1.82, 2.24) is 9.78 Å². The molecule has 0 bridgehead atoms. The van der Waals surface area contributed by atoms with E-state index in [4.69, 9.17) is 17.3 Å². The average Bonchev–Trinajstić information content (AvgIpc) is 2.37. The zero-order valence-corrected chi connectivity index (χ0v) is 11.5. The molecule has 2 unspecified atom stereocenters. The maximum absolute atomic E-state index is 11.8. The van der Waals surface area contributed by atoms with E-state index in [-0.39, 0.29) is 16.6 Å². The molecule has 2 heterocycles. The third kappa shape index (κ3) is 2.37. The minimum Gasteiger partial charge on any atom is -0.368 e. The lowest BCUT2D eigenvalue weighted by Gasteiger charge is -2.37. The summed E-state index contributed by atoms with van der Waals surface area (Å²) in [5, 5.41) is 4.28. The van der Waals surface area contributed by atoms with Crippen LogP contribution in [0.5, 0.6) is 0 Å². The van der Waals surface area contributed by atoms with Crippen molar-refractivity contribution < 1.29 is 0 Å². The van der Waals surface area contributed by atoms with Gasteiger partial charge in [-0.3, -0.25) is 4.79 Å². The molecule has 1 aromatic rings. The van der Waals surface area contributed by atoms with E-state index in [0.29, 0.717) is 5.92 Å². The summed E-state index contributed by atoms with van der Waals surface area (Å²) in [6.45, 7) is 3.80. The first-order chi connectivity index (χ1) is 8.54. The van der Waals surface area contributed by atoms with Crippen molar-refractivity contribution in [3.8, 4) is 0 Å². The van der Waals surface area contributed by atoms with Gasteiger partial charge in [0.2, 0.25) is 0 Å². The first-order valence-electron chi connectivity index (χ1n) is 6.27. The first-order valence-corrected chi connectivity index (χ1v) is 6.64. The van der Waals surface area contributed by atoms with Gasteiger partial charge in [-0.25, -0.2) is 4.68 Å². The van der Waals surface area contributed by atoms with E-state index in [0.717, 1.165) is 31.6 Å². The van der Waals surface area contributed by atoms with Crippen molar-refractivity contribution in [2.24, 2.45) is 18.7 Å². The lowest BCUT2D eigenvalue weighted by atomic mass is 9.90. The third-order valence-corrected chi connectivity index (χ3v) is 4.07. The highest BCUT2D eigenvalue weighted by Gasteiger charge is 2.27. The molecule has 2 N–H and O–H groups in total. The fraction of sp³-hybridized carbons (Fsp3) is 0.667. The zero-order valence-electron chi connectivity index (χ0n) is 10.8. The van der Waals surface area contributed by atoms with Crippen LogP contribution in [0, 0.1) is 5.92 Å². The predicted molar refractivity (Wildman–Crippen MR) is 73.1 cm³/mol. The van der Waals surface area contributed by atoms with Crippen LogP contribution in [0.3, 0.4) is 0 Å². The fourth-order valence-electron chi connectivity index (χ4n) is 2.42. The molecular formula is C12H19ClN4O. The maximum Gasteiger partial charge on any atom is 0.287 e. The van der Waals surface area contributed by atoms with Gasteiger partial charge in [-0.1, -0.05) is 24.9 Å². The van der Waals surface area contributed by atoms with Crippen molar-refractivity contribution in [3.63, 3.8) is 0 Å². The number of aryl methyl sites for hydroxylation is 1. The SMILES string of the molecule is CCC1CN(c2cnn(C)c(=O)c2Cl)CCC1N. The van der Waals surface area contributed by atoms with Gasteiger partial charge in [-0.2, -0.15) is 5.10 Å². The summed E-state index contributed by atoms with van der Waals surface area (Å²) in [7, 11) is 1.60. The smallest absolute Gasteiger partial charge is 0.287 e. The van der Waals surface area contributed by atoms with Crippen LogP contribution in [0.4, 0.5) is 5.69 Å². The fourth-order valence-corrected chi connectivity index (χ4v) is 2.71. The molecule has 1 fully saturated rings. The van der Waals surface area contributed by atoms with Gasteiger partial charge in [-0.05, 0) is 12.3 Å². The molecule has 5 nitrogen and oxygen atoms in total. The van der Waals surface area contributed by atoms with Crippen molar-refractivity contribution in [3.05, 3.63) is 21.6 Å². The minimum atomic E-state index is -0.253. The second kappa shape index (κ2) is 5.28. The molecule has 6 heteroatoms. The number of halogens is 1. The second-order valence-electron chi connectivity index (χ2n) is 4.84. The molecule has 1 aliphatic heterocycles. The van der Waals surface area contributed by atoms with Gasteiger partial charge < -0.3 is 10.6 Å². The number of rotatable bonds is 2. The van der Waals surface area contributed by atoms with Gasteiger partial charge in [0, 0.05) is 26.2 Å². The summed E-state index contributed by atoms with van der Waals surface area (Å²) in [6.07, 6.45) is 3.62. The van der Waals surface area contributed by atoms with Gasteiger partial charge in [-0.15, -0.1) is 0 Å². The largest absolute Gasteiger partial charge is 0.368 e. The van der Waals surface area contributed by atoms with Crippen molar-refractivity contribution in [2.45, 2.75) is 25.8 Å². The highest BCUT2D eigenvalue weighted by atomic mass is 35.5. The maximum atomic E-state index is 11.8. The van der Waals surface area contributed by atoms with Crippen LogP contribution < -0.4 is 16.2 Å². The molecule has 18 heavy (non-hydrogen) atoms. The molecule has 2 atom stereocenters. The van der Waals surface area contributed by atoms with Crippen LogP contribution in [-0.2, 0) is 7.05 Å². The Labute approximate surface area is 112 Å². The lowest BCUT2D eigenvalue weighted by Crippen LogP contribution is -2.47. The standard InChI is InChI=1S/C12H19ClN4O/c1-3-8-7-17(5-4-9(8)14)10-6-15-16(2)12(18)11(10)13/h6,8-9H,3-5,7,14H2,1-2H3. The van der Waals surface area contributed by atoms with Crippen molar-refractivity contribution in [1.29, 1.82) is 0 Å². The summed E-state index contributed by atoms with van der Waals surface area (Å²) in [5.41, 5.74) is 6.56. The van der Waals surface area contributed by atoms with E-state index in [1.807, 2.05) is 0 Å². The van der Waals surface area contributed by atoms with Crippen LogP contribution in [-0.4, -0.2) is 28.9 Å². The molecule has 0 amide bonds. The number of anilines is 1. The van der Waals surface area contributed by atoms with E-state index in [2.05, 4.69) is 16.9 Å². The average molecular weight is 271 g/mol. The Balaban J connectivity index is 2.27. The summed E-state index contributed by atoms with van der Waals surface area (Å²) in [4.78, 5) is 13.9. The Morgan fingerprint density at radius 3 is 3.00 bits per heavy atom. The zero-order chi connectivity index (χ0) is 13.3. The number of piperidine rings is 1. The number of aromatic nitrogens is 2. The molecule has 0 aliphatic carbocycles. The molecule has 0 spiro atoms. The monoisotopic (exact) mass is 270 g/mol. The van der Waals surface area contributed by atoms with E-state index in [9.17, 15) is 4.79 Å². The molecule has 1 aromatic heterocycles. The number of nitrogens with two attached hydrogens (primary N) is 1. The Bertz CT molecular complexity index is 487. The Kier molecular flexibility index (Phi) is 3.92. The number of hydrogen-bond donors (Lipinski definition) is 1. The number of nitrogens with zero attached hydrogens (tertiary/aromatic N) is 3. The number of hydrogen-bond acceptors (Lipinski definition) is 4. The summed E-state index contributed by atoms with van der Waals surface area (Å²) in [6, 6.07) is 0.240. The minimum absolute atomic E-state index is 0.240. The molecule has 2 rings (SSSR count). The van der Waals surface area contributed by atoms with E-state index >= 15 is 0 Å². The van der Waals surface area contributed by atoms with Gasteiger partial charge in [0.25, 0.3) is 5.56 Å². The second-order valence-corrected chi connectivity index (χ2v) is 5.22. The van der Waals surface area contributed by atoms with Gasteiger partial charge >= 0.3 is 0 Å². The first kappa shape index (κ1) is 13.4. The quantitative estimate of drug-likeness (QED) is 0.871. The highest BCUT2D eigenvalue weighted by molar-refractivity contribution is 6.33. The molecule has 1 saturated heterocycles. The normalized spacial score (nSPS) is 24.3. The van der Waals surface area contributed by atoms with Crippen LogP contribution in [0.25, 0.3) is 0 Å². The third-order valence-electron chi connectivity index (χ3n) is 3.72. The van der Waals surface area contributed by atoms with E-state index in [1.165, 1.54) is 4.68 Å². The molecule has 0 radical (unpaired) electrons. The molecule has 1 aliphatic rings. The van der Waals surface area contributed by atoms with Crippen molar-refractivity contribution in [2.75, 3.05) is 18.0 Å². The van der Waals surface area contributed by atoms with Crippen LogP contribution in [0.1, 0.15) is 19.8 Å². The van der Waals surface area contributed by atoms with Gasteiger partial charge in [0.15, 0.2) is 0 Å². The summed E-state index contributed by atoms with van der Waals surface area (Å²) in [5.74, 6) is 0.443. The Morgan fingerprint density at radius 1 is 1.61 bits per heavy atom. The highest BCUT2D eigenvalue weighted by Crippen LogP contribution is 2.27. The summed E-state index contributed by atoms with van der Waals surface area (Å²) < 4.78 is 1.25. The van der Waals surface area contributed by atoms with Crippen LogP contribution >= 0.6 is 11.6 Å². The van der Waals surface area contributed by atoms with E-state index in [1.54, 1.807) is 13.2 Å². The summed E-state index contributed by atoms with van der Waals surface area (Å²) >= 11 is 6.11. The topological polar surface area (TPSA) is 64.2 Å². The van der Waals surface area contributed by atoms with Crippen LogP contribution in [0.2, 0.25) is 5.02 Å². The van der Waals surface area contributed by atoms with Crippen LogP contribution in [0.15, 0.2) is 11.0 Å². The predicted octanol–water partition coefficient (Wildman–Crippen LogP) is 0.997. The Hall–Kier alpha value is -1.07. The van der Waals surface area contributed by atoms with E-state index < -0.39 is 0 Å². The lowest BCUT2D eigenvalue weighted by molar-refractivity contribution is 0.347. The van der Waals surface area contributed by atoms with Gasteiger partial charge in [0.05, 0.1) is 11.9 Å². The molecular weight excluding hydrogens is 252 g/mol. The molecule has 0 aromatic carbocycles. The van der Waals surface area contributed by atoms with Gasteiger partial charge in [0.1, 0.15) is 5.02 Å². The Morgan fingerprint density at radius 2 is 2.33 bits per heavy atom. The molecule has 0 saturated carbocycles. The van der Waals surface area contributed by atoms with Crippen molar-refractivity contribution >= 4 is 17.3 Å². The molecule has 100 valence electrons.